The van der Waals surface area contributed by atoms with E-state index < -0.39 is 11.9 Å². The standard InChI is InChI=1S/C24H21FN6O2/c1-14-19(13-27-15(2)28-14)24(33)30-21(16-6-8-17(25)9-7-16)11-18-12-22(32)31-23(29-18)20-5-3-4-10-26-20/h3-10,12-13,21H,11H2,1-2H3,(H,30,33)(H,29,31,32). The van der Waals surface area contributed by atoms with Gasteiger partial charge in [-0.1, -0.05) is 18.2 Å². The molecule has 3 heterocycles. The third-order valence-electron chi connectivity index (χ3n) is 5.04. The molecule has 8 nitrogen and oxygen atoms in total. The maximum Gasteiger partial charge on any atom is 0.255 e. The number of carbonyl (C=O) groups is 1. The number of hydrogen-bond donors (Lipinski definition) is 2. The summed E-state index contributed by atoms with van der Waals surface area (Å²) in [5.74, 6) is 0.119. The fraction of sp³-hybridized carbons (Fsp3) is 0.167. The number of halogens is 1. The van der Waals surface area contributed by atoms with Crippen molar-refractivity contribution in [3.63, 3.8) is 0 Å². The topological polar surface area (TPSA) is 114 Å². The van der Waals surface area contributed by atoms with Crippen LogP contribution >= 0.6 is 0 Å². The van der Waals surface area contributed by atoms with Gasteiger partial charge in [-0.25, -0.2) is 19.3 Å². The lowest BCUT2D eigenvalue weighted by Crippen LogP contribution is -2.31. The quantitative estimate of drug-likeness (QED) is 0.472. The summed E-state index contributed by atoms with van der Waals surface area (Å²) in [6.45, 7) is 3.47. The lowest BCUT2D eigenvalue weighted by atomic mass is 10.0. The Bertz CT molecular complexity index is 1340. The molecule has 166 valence electrons. The van der Waals surface area contributed by atoms with Crippen LogP contribution < -0.4 is 10.9 Å². The van der Waals surface area contributed by atoms with Gasteiger partial charge in [0.1, 0.15) is 17.3 Å². The van der Waals surface area contributed by atoms with Gasteiger partial charge in [-0.15, -0.1) is 0 Å². The van der Waals surface area contributed by atoms with Gasteiger partial charge in [-0.3, -0.25) is 14.6 Å². The molecule has 1 unspecified atom stereocenters. The summed E-state index contributed by atoms with van der Waals surface area (Å²) < 4.78 is 13.5. The third-order valence-corrected chi connectivity index (χ3v) is 5.04. The third kappa shape index (κ3) is 5.32. The van der Waals surface area contributed by atoms with Crippen LogP contribution in [0.2, 0.25) is 0 Å². The number of nitrogens with one attached hydrogen (secondary N) is 2. The zero-order valence-electron chi connectivity index (χ0n) is 18.0. The number of amides is 1. The van der Waals surface area contributed by atoms with Gasteiger partial charge in [0.25, 0.3) is 11.5 Å². The molecule has 33 heavy (non-hydrogen) atoms. The summed E-state index contributed by atoms with van der Waals surface area (Å²) in [4.78, 5) is 45.1. The van der Waals surface area contributed by atoms with Crippen LogP contribution in [0.5, 0.6) is 0 Å². The van der Waals surface area contributed by atoms with Crippen molar-refractivity contribution in [3.8, 4) is 11.5 Å². The second-order valence-corrected chi connectivity index (χ2v) is 7.50. The predicted molar refractivity (Wildman–Crippen MR) is 120 cm³/mol. The summed E-state index contributed by atoms with van der Waals surface area (Å²) >= 11 is 0. The van der Waals surface area contributed by atoms with Gasteiger partial charge in [0.2, 0.25) is 0 Å². The van der Waals surface area contributed by atoms with E-state index in [1.807, 2.05) is 0 Å². The number of rotatable bonds is 6. The van der Waals surface area contributed by atoms with Crippen LogP contribution in [0, 0.1) is 19.7 Å². The normalized spacial score (nSPS) is 11.7. The van der Waals surface area contributed by atoms with Crippen molar-refractivity contribution in [1.29, 1.82) is 0 Å². The van der Waals surface area contributed by atoms with Crippen LogP contribution in [-0.4, -0.2) is 30.8 Å². The van der Waals surface area contributed by atoms with Gasteiger partial charge in [-0.05, 0) is 43.7 Å². The number of H-pyrrole nitrogens is 1. The number of pyridine rings is 1. The highest BCUT2D eigenvalue weighted by atomic mass is 19.1. The first-order valence-corrected chi connectivity index (χ1v) is 10.3. The van der Waals surface area contributed by atoms with E-state index in [0.717, 1.165) is 0 Å². The molecule has 0 radical (unpaired) electrons. The maximum atomic E-state index is 13.5. The largest absolute Gasteiger partial charge is 0.345 e. The minimum atomic E-state index is -0.579. The van der Waals surface area contributed by atoms with E-state index in [1.165, 1.54) is 24.4 Å². The van der Waals surface area contributed by atoms with E-state index in [4.69, 9.17) is 0 Å². The Morgan fingerprint density at radius 2 is 1.88 bits per heavy atom. The van der Waals surface area contributed by atoms with Crippen LogP contribution in [0.3, 0.4) is 0 Å². The summed E-state index contributed by atoms with van der Waals surface area (Å²) in [5, 5.41) is 2.95. The van der Waals surface area contributed by atoms with E-state index in [1.54, 1.807) is 50.4 Å². The molecule has 0 aliphatic rings. The molecule has 0 fully saturated rings. The van der Waals surface area contributed by atoms with E-state index in [0.29, 0.717) is 39.9 Å². The SMILES string of the molecule is Cc1ncc(C(=O)NC(Cc2cc(=O)[nH]c(-c3ccccn3)n2)c2ccc(F)cc2)c(C)n1. The van der Waals surface area contributed by atoms with Crippen molar-refractivity contribution in [2.24, 2.45) is 0 Å². The lowest BCUT2D eigenvalue weighted by Gasteiger charge is -2.20. The van der Waals surface area contributed by atoms with Crippen molar-refractivity contribution in [2.45, 2.75) is 26.3 Å². The number of aromatic amines is 1. The Morgan fingerprint density at radius 1 is 1.09 bits per heavy atom. The molecular formula is C24H21FN6O2. The van der Waals surface area contributed by atoms with Gasteiger partial charge in [0, 0.05) is 24.9 Å². The fourth-order valence-electron chi connectivity index (χ4n) is 3.44. The summed E-state index contributed by atoms with van der Waals surface area (Å²) in [7, 11) is 0. The monoisotopic (exact) mass is 444 g/mol. The minimum absolute atomic E-state index is 0.201. The van der Waals surface area contributed by atoms with Gasteiger partial charge in [0.05, 0.1) is 23.0 Å². The van der Waals surface area contributed by atoms with Crippen LogP contribution in [0.25, 0.3) is 11.5 Å². The highest BCUT2D eigenvalue weighted by Gasteiger charge is 2.20. The van der Waals surface area contributed by atoms with E-state index >= 15 is 0 Å². The minimum Gasteiger partial charge on any atom is -0.345 e. The molecule has 0 bridgehead atoms. The van der Waals surface area contributed by atoms with Crippen LogP contribution in [0.4, 0.5) is 4.39 Å². The number of aryl methyl sites for hydroxylation is 2. The summed E-state index contributed by atoms with van der Waals surface area (Å²) in [6, 6.07) is 11.9. The van der Waals surface area contributed by atoms with Crippen LogP contribution in [0.1, 0.15) is 39.2 Å². The summed E-state index contributed by atoms with van der Waals surface area (Å²) in [5.41, 5.74) is 2.17. The zero-order chi connectivity index (χ0) is 23.4. The Balaban J connectivity index is 1.67. The average Bonchev–Trinajstić information content (AvgIpc) is 2.79. The molecule has 0 aliphatic carbocycles. The molecule has 1 amide bonds. The molecule has 0 saturated carbocycles. The molecule has 1 aromatic carbocycles. The van der Waals surface area contributed by atoms with Crippen molar-refractivity contribution < 1.29 is 9.18 Å². The Hall–Kier alpha value is -4.27. The van der Waals surface area contributed by atoms with Gasteiger partial charge >= 0.3 is 0 Å². The van der Waals surface area contributed by atoms with Crippen molar-refractivity contribution >= 4 is 5.91 Å². The Kier molecular flexibility index (Phi) is 6.30. The van der Waals surface area contributed by atoms with Crippen LogP contribution in [-0.2, 0) is 6.42 Å². The number of carbonyl (C=O) groups excluding carboxylic acids is 1. The zero-order valence-corrected chi connectivity index (χ0v) is 18.0. The van der Waals surface area contributed by atoms with Gasteiger partial charge < -0.3 is 10.3 Å². The molecule has 3 aromatic heterocycles. The molecule has 1 atom stereocenters. The number of nitrogens with zero attached hydrogens (tertiary/aromatic N) is 4. The first kappa shape index (κ1) is 21.9. The van der Waals surface area contributed by atoms with Crippen molar-refractivity contribution in [1.82, 2.24) is 30.2 Å². The number of benzene rings is 1. The van der Waals surface area contributed by atoms with Crippen molar-refractivity contribution in [2.75, 3.05) is 0 Å². The molecule has 0 spiro atoms. The van der Waals surface area contributed by atoms with Crippen molar-refractivity contribution in [3.05, 3.63) is 105 Å². The van der Waals surface area contributed by atoms with Gasteiger partial charge in [0.15, 0.2) is 5.82 Å². The molecule has 2 N–H and O–H groups in total. The molecule has 4 aromatic rings. The maximum absolute atomic E-state index is 13.5. The number of hydrogen-bond acceptors (Lipinski definition) is 6. The smallest absolute Gasteiger partial charge is 0.255 e. The van der Waals surface area contributed by atoms with E-state index in [2.05, 4.69) is 30.2 Å². The van der Waals surface area contributed by atoms with Crippen LogP contribution in [0.15, 0.2) is 65.7 Å². The Labute approximate surface area is 189 Å². The second-order valence-electron chi connectivity index (χ2n) is 7.50. The Morgan fingerprint density at radius 3 is 2.58 bits per heavy atom. The van der Waals surface area contributed by atoms with Gasteiger partial charge in [-0.2, -0.15) is 0 Å². The number of aromatic nitrogens is 5. The molecular weight excluding hydrogens is 423 g/mol. The molecule has 0 saturated heterocycles. The molecule has 9 heteroatoms. The second kappa shape index (κ2) is 9.47. The highest BCUT2D eigenvalue weighted by Crippen LogP contribution is 2.20. The first-order chi connectivity index (χ1) is 15.9. The van der Waals surface area contributed by atoms with E-state index in [9.17, 15) is 14.0 Å². The first-order valence-electron chi connectivity index (χ1n) is 10.3. The average molecular weight is 444 g/mol. The summed E-state index contributed by atoms with van der Waals surface area (Å²) in [6.07, 6.45) is 3.28. The molecule has 4 rings (SSSR count). The fourth-order valence-corrected chi connectivity index (χ4v) is 3.44. The van der Waals surface area contributed by atoms with E-state index in [-0.39, 0.29) is 17.9 Å². The highest BCUT2D eigenvalue weighted by molar-refractivity contribution is 5.95. The molecule has 0 aliphatic heterocycles. The lowest BCUT2D eigenvalue weighted by molar-refractivity contribution is 0.0935. The predicted octanol–water partition coefficient (Wildman–Crippen LogP) is 3.09.